The smallest absolute Gasteiger partial charge is 0.248 e. The third-order valence-electron chi connectivity index (χ3n) is 3.41. The summed E-state index contributed by atoms with van der Waals surface area (Å²) in [6.45, 7) is 0.391. The Kier molecular flexibility index (Phi) is 4.01. The van der Waals surface area contributed by atoms with E-state index < -0.39 is 5.91 Å². The molecule has 0 unspecified atom stereocenters. The zero-order chi connectivity index (χ0) is 16.2. The van der Waals surface area contributed by atoms with Crippen LogP contribution in [-0.4, -0.2) is 26.8 Å². The van der Waals surface area contributed by atoms with Gasteiger partial charge in [0.05, 0.1) is 5.52 Å². The molecule has 3 aromatic rings. The Labute approximate surface area is 132 Å². The lowest BCUT2D eigenvalue weighted by Gasteiger charge is -2.07. The fourth-order valence-corrected chi connectivity index (χ4v) is 2.26. The Morgan fingerprint density at radius 3 is 2.78 bits per heavy atom. The van der Waals surface area contributed by atoms with Gasteiger partial charge >= 0.3 is 0 Å². The Hall–Kier alpha value is -3.22. The van der Waals surface area contributed by atoms with Gasteiger partial charge in [0.1, 0.15) is 12.1 Å². The lowest BCUT2D eigenvalue weighted by molar-refractivity contribution is -0.121. The van der Waals surface area contributed by atoms with Crippen molar-refractivity contribution in [2.45, 2.75) is 13.1 Å². The quantitative estimate of drug-likeness (QED) is 0.729. The van der Waals surface area contributed by atoms with Crippen molar-refractivity contribution in [2.75, 3.05) is 0 Å². The Morgan fingerprint density at radius 2 is 1.96 bits per heavy atom. The van der Waals surface area contributed by atoms with E-state index in [1.165, 1.54) is 0 Å². The first-order valence-corrected chi connectivity index (χ1v) is 7.07. The number of rotatable bonds is 5. The van der Waals surface area contributed by atoms with Crippen LogP contribution >= 0.6 is 0 Å². The molecule has 2 aromatic carbocycles. The summed E-state index contributed by atoms with van der Waals surface area (Å²) in [6, 6.07) is 14.3. The van der Waals surface area contributed by atoms with Crippen LogP contribution in [0.25, 0.3) is 11.0 Å². The topological polar surface area (TPSA) is 103 Å². The van der Waals surface area contributed by atoms with Gasteiger partial charge in [-0.25, -0.2) is 4.68 Å². The third-order valence-corrected chi connectivity index (χ3v) is 3.41. The second-order valence-electron chi connectivity index (χ2n) is 5.08. The number of primary amides is 1. The number of nitrogens with two attached hydrogens (primary N) is 1. The highest BCUT2D eigenvalue weighted by atomic mass is 16.2. The van der Waals surface area contributed by atoms with Gasteiger partial charge in [-0.1, -0.05) is 29.5 Å². The number of carbonyl (C=O) groups excluding carboxylic acids is 2. The molecule has 2 amide bonds. The summed E-state index contributed by atoms with van der Waals surface area (Å²) in [5, 5.41) is 10.8. The number of nitrogens with zero attached hydrogens (tertiary/aromatic N) is 3. The second kappa shape index (κ2) is 6.27. The first kappa shape index (κ1) is 14.7. The number of aromatic nitrogens is 3. The van der Waals surface area contributed by atoms with Gasteiger partial charge in [0.15, 0.2) is 0 Å². The number of hydrogen-bond donors (Lipinski definition) is 2. The van der Waals surface area contributed by atoms with E-state index in [1.54, 1.807) is 22.9 Å². The van der Waals surface area contributed by atoms with Gasteiger partial charge in [0.2, 0.25) is 11.8 Å². The molecule has 0 saturated carbocycles. The van der Waals surface area contributed by atoms with Crippen molar-refractivity contribution in [3.05, 3.63) is 59.7 Å². The van der Waals surface area contributed by atoms with E-state index in [9.17, 15) is 9.59 Å². The average molecular weight is 309 g/mol. The normalized spacial score (nSPS) is 10.6. The van der Waals surface area contributed by atoms with Gasteiger partial charge in [-0.15, -0.1) is 5.10 Å². The molecule has 1 aromatic heterocycles. The maximum absolute atomic E-state index is 12.1. The maximum Gasteiger partial charge on any atom is 0.248 e. The van der Waals surface area contributed by atoms with E-state index in [-0.39, 0.29) is 12.5 Å². The predicted octanol–water partition coefficient (Wildman–Crippen LogP) is 0.847. The van der Waals surface area contributed by atoms with Gasteiger partial charge < -0.3 is 11.1 Å². The Balaban J connectivity index is 1.64. The molecular formula is C16H15N5O2. The van der Waals surface area contributed by atoms with Crippen LogP contribution in [-0.2, 0) is 17.9 Å². The zero-order valence-electron chi connectivity index (χ0n) is 12.3. The van der Waals surface area contributed by atoms with Gasteiger partial charge in [-0.3, -0.25) is 9.59 Å². The molecule has 0 radical (unpaired) electrons. The summed E-state index contributed by atoms with van der Waals surface area (Å²) < 4.78 is 1.55. The van der Waals surface area contributed by atoms with Crippen molar-refractivity contribution in [1.29, 1.82) is 0 Å². The molecule has 1 heterocycles. The third kappa shape index (κ3) is 3.34. The molecule has 0 bridgehead atoms. The van der Waals surface area contributed by atoms with E-state index in [0.717, 1.165) is 16.6 Å². The molecule has 0 saturated heterocycles. The molecule has 0 fully saturated rings. The fraction of sp³-hybridized carbons (Fsp3) is 0.125. The number of amides is 2. The zero-order valence-corrected chi connectivity index (χ0v) is 12.3. The van der Waals surface area contributed by atoms with E-state index in [4.69, 9.17) is 5.73 Å². The first-order valence-electron chi connectivity index (χ1n) is 7.07. The standard InChI is InChI=1S/C16H15N5O2/c17-16(23)12-5-3-4-11(8-12)9-18-15(22)10-21-14-7-2-1-6-13(14)19-20-21/h1-8H,9-10H2,(H2,17,23)(H,18,22). The van der Waals surface area contributed by atoms with Crippen LogP contribution in [0, 0.1) is 0 Å². The summed E-state index contributed by atoms with van der Waals surface area (Å²) >= 11 is 0. The lowest BCUT2D eigenvalue weighted by Crippen LogP contribution is -2.27. The molecule has 0 aliphatic rings. The van der Waals surface area contributed by atoms with Crippen LogP contribution in [0.2, 0.25) is 0 Å². The summed E-state index contributed by atoms with van der Waals surface area (Å²) in [4.78, 5) is 23.2. The molecular weight excluding hydrogens is 294 g/mol. The second-order valence-corrected chi connectivity index (χ2v) is 5.08. The van der Waals surface area contributed by atoms with Gasteiger partial charge in [-0.2, -0.15) is 0 Å². The van der Waals surface area contributed by atoms with Crippen LogP contribution in [0.15, 0.2) is 48.5 Å². The van der Waals surface area contributed by atoms with Crippen LogP contribution in [0.5, 0.6) is 0 Å². The number of fused-ring (bicyclic) bond motifs is 1. The summed E-state index contributed by atoms with van der Waals surface area (Å²) in [5.74, 6) is -0.683. The van der Waals surface area contributed by atoms with E-state index in [1.807, 2.05) is 30.3 Å². The molecule has 7 nitrogen and oxygen atoms in total. The largest absolute Gasteiger partial charge is 0.366 e. The number of para-hydroxylation sites is 1. The van der Waals surface area contributed by atoms with E-state index >= 15 is 0 Å². The van der Waals surface area contributed by atoms with Crippen molar-refractivity contribution >= 4 is 22.8 Å². The minimum Gasteiger partial charge on any atom is -0.366 e. The molecule has 116 valence electrons. The molecule has 3 rings (SSSR count). The lowest BCUT2D eigenvalue weighted by atomic mass is 10.1. The average Bonchev–Trinajstić information content (AvgIpc) is 2.96. The van der Waals surface area contributed by atoms with Crippen molar-refractivity contribution < 1.29 is 9.59 Å². The van der Waals surface area contributed by atoms with Gasteiger partial charge in [0.25, 0.3) is 0 Å². The highest BCUT2D eigenvalue weighted by Gasteiger charge is 2.08. The van der Waals surface area contributed by atoms with E-state index in [2.05, 4.69) is 15.6 Å². The molecule has 3 N–H and O–H groups in total. The molecule has 0 aliphatic carbocycles. The number of nitrogens with one attached hydrogen (secondary N) is 1. The summed E-state index contributed by atoms with van der Waals surface area (Å²) in [6.07, 6.45) is 0. The monoisotopic (exact) mass is 309 g/mol. The predicted molar refractivity (Wildman–Crippen MR) is 84.3 cm³/mol. The first-order chi connectivity index (χ1) is 11.1. The van der Waals surface area contributed by atoms with Crippen molar-refractivity contribution in [3.63, 3.8) is 0 Å². The molecule has 23 heavy (non-hydrogen) atoms. The Bertz CT molecular complexity index is 872. The fourth-order valence-electron chi connectivity index (χ4n) is 2.26. The van der Waals surface area contributed by atoms with Gasteiger partial charge in [-0.05, 0) is 29.8 Å². The molecule has 7 heteroatoms. The van der Waals surface area contributed by atoms with Crippen molar-refractivity contribution in [3.8, 4) is 0 Å². The number of carbonyl (C=O) groups is 2. The van der Waals surface area contributed by atoms with E-state index in [0.29, 0.717) is 12.1 Å². The molecule has 0 atom stereocenters. The van der Waals surface area contributed by atoms with Crippen molar-refractivity contribution in [2.24, 2.45) is 5.73 Å². The minimum absolute atomic E-state index is 0.0794. The number of benzene rings is 2. The number of hydrogen-bond acceptors (Lipinski definition) is 4. The van der Waals surface area contributed by atoms with Gasteiger partial charge in [0, 0.05) is 12.1 Å². The Morgan fingerprint density at radius 1 is 1.13 bits per heavy atom. The van der Waals surface area contributed by atoms with Crippen LogP contribution in [0.3, 0.4) is 0 Å². The van der Waals surface area contributed by atoms with Crippen molar-refractivity contribution in [1.82, 2.24) is 20.3 Å². The van der Waals surface area contributed by atoms with Crippen LogP contribution < -0.4 is 11.1 Å². The summed E-state index contributed by atoms with van der Waals surface area (Å²) in [7, 11) is 0. The molecule has 0 aliphatic heterocycles. The SMILES string of the molecule is NC(=O)c1cccc(CNC(=O)Cn2nnc3ccccc32)c1. The maximum atomic E-state index is 12.1. The molecule has 0 spiro atoms. The highest BCUT2D eigenvalue weighted by molar-refractivity contribution is 5.92. The minimum atomic E-state index is -0.493. The summed E-state index contributed by atoms with van der Waals surface area (Å²) in [5.41, 5.74) is 8.01. The highest BCUT2D eigenvalue weighted by Crippen LogP contribution is 2.09. The van der Waals surface area contributed by atoms with Crippen LogP contribution in [0.1, 0.15) is 15.9 Å². The van der Waals surface area contributed by atoms with Crippen LogP contribution in [0.4, 0.5) is 0 Å².